The zero-order valence-corrected chi connectivity index (χ0v) is 12.4. The predicted molar refractivity (Wildman–Crippen MR) is 82.6 cm³/mol. The van der Waals surface area contributed by atoms with Crippen molar-refractivity contribution in [1.82, 2.24) is 0 Å². The molecule has 2 aromatic carbocycles. The average molecular weight is 287 g/mol. The van der Waals surface area contributed by atoms with E-state index < -0.39 is 0 Å². The summed E-state index contributed by atoms with van der Waals surface area (Å²) in [4.78, 5) is 0. The Morgan fingerprint density at radius 1 is 1.00 bits per heavy atom. The zero-order valence-electron chi connectivity index (χ0n) is 12.4. The highest BCUT2D eigenvalue weighted by atomic mass is 16.5. The largest absolute Gasteiger partial charge is 0.497 e. The van der Waals surface area contributed by atoms with Gasteiger partial charge in [0.15, 0.2) is 0 Å². The Bertz CT molecular complexity index is 554. The Hall–Kier alpha value is -2.04. The first-order chi connectivity index (χ1) is 10.2. The highest BCUT2D eigenvalue weighted by Crippen LogP contribution is 2.19. The molecule has 0 saturated heterocycles. The van der Waals surface area contributed by atoms with Crippen LogP contribution in [0.2, 0.25) is 0 Å². The van der Waals surface area contributed by atoms with E-state index in [1.54, 1.807) is 14.2 Å². The van der Waals surface area contributed by atoms with Crippen LogP contribution in [0.25, 0.3) is 0 Å². The van der Waals surface area contributed by atoms with E-state index in [0.29, 0.717) is 13.2 Å². The smallest absolute Gasteiger partial charge is 0.119 e. The van der Waals surface area contributed by atoms with E-state index in [2.05, 4.69) is 0 Å². The van der Waals surface area contributed by atoms with Crippen molar-refractivity contribution < 1.29 is 14.2 Å². The Balaban J connectivity index is 1.93. The number of benzene rings is 2. The van der Waals surface area contributed by atoms with E-state index in [0.717, 1.165) is 22.6 Å². The van der Waals surface area contributed by atoms with Gasteiger partial charge in [-0.3, -0.25) is 0 Å². The van der Waals surface area contributed by atoms with Crippen molar-refractivity contribution in [2.24, 2.45) is 5.73 Å². The molecule has 2 aromatic rings. The van der Waals surface area contributed by atoms with Crippen molar-refractivity contribution in [1.29, 1.82) is 0 Å². The van der Waals surface area contributed by atoms with Crippen molar-refractivity contribution in [3.63, 3.8) is 0 Å². The maximum atomic E-state index is 6.14. The molecule has 0 spiro atoms. The van der Waals surface area contributed by atoms with Gasteiger partial charge in [-0.15, -0.1) is 0 Å². The Morgan fingerprint density at radius 3 is 2.43 bits per heavy atom. The molecule has 1 unspecified atom stereocenters. The highest BCUT2D eigenvalue weighted by molar-refractivity contribution is 5.30. The van der Waals surface area contributed by atoms with Gasteiger partial charge in [-0.2, -0.15) is 0 Å². The number of rotatable bonds is 7. The zero-order chi connectivity index (χ0) is 15.1. The Kier molecular flexibility index (Phi) is 5.60. The summed E-state index contributed by atoms with van der Waals surface area (Å²) < 4.78 is 16.0. The molecule has 0 saturated carbocycles. The minimum Gasteiger partial charge on any atom is -0.497 e. The maximum absolute atomic E-state index is 6.14. The van der Waals surface area contributed by atoms with E-state index in [1.807, 2.05) is 48.5 Å². The van der Waals surface area contributed by atoms with Gasteiger partial charge >= 0.3 is 0 Å². The van der Waals surface area contributed by atoms with Crippen LogP contribution >= 0.6 is 0 Å². The monoisotopic (exact) mass is 287 g/mol. The molecule has 0 aliphatic heterocycles. The number of nitrogens with two attached hydrogens (primary N) is 1. The molecule has 0 bridgehead atoms. The molecule has 112 valence electrons. The van der Waals surface area contributed by atoms with Crippen molar-refractivity contribution in [2.45, 2.75) is 12.6 Å². The van der Waals surface area contributed by atoms with Crippen LogP contribution < -0.4 is 15.2 Å². The van der Waals surface area contributed by atoms with Crippen molar-refractivity contribution in [3.05, 3.63) is 59.7 Å². The molecule has 4 heteroatoms. The van der Waals surface area contributed by atoms with Gasteiger partial charge < -0.3 is 19.9 Å². The molecule has 1 atom stereocenters. The van der Waals surface area contributed by atoms with E-state index in [4.69, 9.17) is 19.9 Å². The Labute approximate surface area is 125 Å². The van der Waals surface area contributed by atoms with Gasteiger partial charge in [0.2, 0.25) is 0 Å². The maximum Gasteiger partial charge on any atom is 0.119 e. The van der Waals surface area contributed by atoms with E-state index >= 15 is 0 Å². The Morgan fingerprint density at radius 2 is 1.76 bits per heavy atom. The minimum atomic E-state index is -0.179. The van der Waals surface area contributed by atoms with Crippen LogP contribution in [0.4, 0.5) is 0 Å². The molecule has 21 heavy (non-hydrogen) atoms. The van der Waals surface area contributed by atoms with Gasteiger partial charge in [-0.1, -0.05) is 24.3 Å². The number of hydrogen-bond donors (Lipinski definition) is 1. The first-order valence-electron chi connectivity index (χ1n) is 6.83. The molecule has 0 amide bonds. The second kappa shape index (κ2) is 7.67. The molecule has 0 fully saturated rings. The average Bonchev–Trinajstić information content (AvgIpc) is 2.53. The van der Waals surface area contributed by atoms with E-state index in [-0.39, 0.29) is 6.04 Å². The van der Waals surface area contributed by atoms with Crippen LogP contribution in [0.1, 0.15) is 17.2 Å². The van der Waals surface area contributed by atoms with Crippen molar-refractivity contribution >= 4 is 0 Å². The van der Waals surface area contributed by atoms with Gasteiger partial charge in [-0.05, 0) is 35.4 Å². The minimum absolute atomic E-state index is 0.179. The molecule has 0 aliphatic carbocycles. The molecule has 4 nitrogen and oxygen atoms in total. The van der Waals surface area contributed by atoms with Crippen LogP contribution in [0.15, 0.2) is 48.5 Å². The van der Waals surface area contributed by atoms with Gasteiger partial charge in [0.1, 0.15) is 18.1 Å². The molecule has 0 aromatic heterocycles. The topological polar surface area (TPSA) is 53.7 Å². The molecule has 0 aliphatic rings. The summed E-state index contributed by atoms with van der Waals surface area (Å²) in [5, 5.41) is 0. The normalized spacial score (nSPS) is 12.0. The number of hydrogen-bond acceptors (Lipinski definition) is 4. The van der Waals surface area contributed by atoms with E-state index in [1.165, 1.54) is 0 Å². The fourth-order valence-corrected chi connectivity index (χ4v) is 2.03. The second-order valence-electron chi connectivity index (χ2n) is 4.77. The third-order valence-corrected chi connectivity index (χ3v) is 3.18. The van der Waals surface area contributed by atoms with Crippen LogP contribution in [-0.4, -0.2) is 20.8 Å². The molecule has 2 N–H and O–H groups in total. The quantitative estimate of drug-likeness (QED) is 0.850. The van der Waals surface area contributed by atoms with Gasteiger partial charge in [-0.25, -0.2) is 0 Å². The summed E-state index contributed by atoms with van der Waals surface area (Å²) in [6.07, 6.45) is 0. The van der Waals surface area contributed by atoms with E-state index in [9.17, 15) is 0 Å². The fourth-order valence-electron chi connectivity index (χ4n) is 2.03. The lowest BCUT2D eigenvalue weighted by Crippen LogP contribution is -2.18. The molecule has 0 heterocycles. The molecular weight excluding hydrogens is 266 g/mol. The number of methoxy groups -OCH3 is 2. The van der Waals surface area contributed by atoms with Crippen LogP contribution in [0.3, 0.4) is 0 Å². The fraction of sp³-hybridized carbons (Fsp3) is 0.294. The van der Waals surface area contributed by atoms with Crippen LogP contribution in [-0.2, 0) is 11.3 Å². The van der Waals surface area contributed by atoms with Crippen LogP contribution in [0, 0.1) is 0 Å². The third-order valence-electron chi connectivity index (χ3n) is 3.18. The first-order valence-corrected chi connectivity index (χ1v) is 6.83. The van der Waals surface area contributed by atoms with Crippen molar-refractivity contribution in [2.75, 3.05) is 20.8 Å². The summed E-state index contributed by atoms with van der Waals surface area (Å²) in [5.74, 6) is 1.62. The summed E-state index contributed by atoms with van der Waals surface area (Å²) in [6.45, 7) is 0.991. The summed E-state index contributed by atoms with van der Waals surface area (Å²) in [7, 11) is 3.32. The summed E-state index contributed by atoms with van der Waals surface area (Å²) in [6, 6.07) is 15.3. The second-order valence-corrected chi connectivity index (χ2v) is 4.77. The SMILES string of the molecule is COCc1cccc(OCC(N)c2ccc(OC)cc2)c1. The number of ether oxygens (including phenoxy) is 3. The van der Waals surface area contributed by atoms with Gasteiger partial charge in [0.25, 0.3) is 0 Å². The van der Waals surface area contributed by atoms with Gasteiger partial charge in [0.05, 0.1) is 19.8 Å². The van der Waals surface area contributed by atoms with Gasteiger partial charge in [0, 0.05) is 7.11 Å². The highest BCUT2D eigenvalue weighted by Gasteiger charge is 2.07. The van der Waals surface area contributed by atoms with Crippen LogP contribution in [0.5, 0.6) is 11.5 Å². The molecule has 0 radical (unpaired) electrons. The standard InChI is InChI=1S/C17H21NO3/c1-19-11-13-4-3-5-16(10-13)21-12-17(18)14-6-8-15(20-2)9-7-14/h3-10,17H,11-12,18H2,1-2H3. The summed E-state index contributed by atoms with van der Waals surface area (Å²) >= 11 is 0. The molecular formula is C17H21NO3. The summed E-state index contributed by atoms with van der Waals surface area (Å²) in [5.41, 5.74) is 8.23. The third kappa shape index (κ3) is 4.48. The lowest BCUT2D eigenvalue weighted by atomic mass is 10.1. The predicted octanol–water partition coefficient (Wildman–Crippen LogP) is 2.92. The first kappa shape index (κ1) is 15.4. The lowest BCUT2D eigenvalue weighted by molar-refractivity contribution is 0.184. The lowest BCUT2D eigenvalue weighted by Gasteiger charge is -2.14. The van der Waals surface area contributed by atoms with Crippen molar-refractivity contribution in [3.8, 4) is 11.5 Å². The molecule has 2 rings (SSSR count).